The molecular weight excluding hydrogens is 330 g/mol. The molecule has 0 saturated heterocycles. The standard InChI is InChI=1S/C16H27N3O4S/c1-4-17-13(3)12-18-16(20)10-11-19-24(21,22)15-8-6-14(7-9-15)23-5-2/h6-9,13,17,19H,4-5,10-12H2,1-3H3,(H,18,20)/t13-/m1/s1. The van der Waals surface area contributed by atoms with Crippen LogP contribution in [0.3, 0.4) is 0 Å². The van der Waals surface area contributed by atoms with Gasteiger partial charge in [0.15, 0.2) is 0 Å². The van der Waals surface area contributed by atoms with Gasteiger partial charge in [0.2, 0.25) is 15.9 Å². The molecular formula is C16H27N3O4S. The highest BCUT2D eigenvalue weighted by Gasteiger charge is 2.14. The van der Waals surface area contributed by atoms with Crippen molar-refractivity contribution in [1.29, 1.82) is 0 Å². The van der Waals surface area contributed by atoms with Crippen LogP contribution in [0.2, 0.25) is 0 Å². The SMILES string of the molecule is CCN[C@H](C)CNC(=O)CCNS(=O)(=O)c1ccc(OCC)cc1. The Kier molecular flexibility index (Phi) is 8.73. The van der Waals surface area contributed by atoms with E-state index in [1.54, 1.807) is 12.1 Å². The lowest BCUT2D eigenvalue weighted by atomic mass is 10.3. The molecule has 8 heteroatoms. The minimum atomic E-state index is -3.63. The molecule has 0 aliphatic heterocycles. The minimum absolute atomic E-state index is 0.0525. The Bertz CT molecular complexity index is 602. The van der Waals surface area contributed by atoms with Crippen molar-refractivity contribution in [2.75, 3.05) is 26.2 Å². The van der Waals surface area contributed by atoms with E-state index in [4.69, 9.17) is 4.74 Å². The highest BCUT2D eigenvalue weighted by molar-refractivity contribution is 7.89. The maximum absolute atomic E-state index is 12.1. The summed E-state index contributed by atoms with van der Waals surface area (Å²) >= 11 is 0. The van der Waals surface area contributed by atoms with Crippen molar-refractivity contribution in [2.45, 2.75) is 38.1 Å². The Morgan fingerprint density at radius 3 is 2.46 bits per heavy atom. The van der Waals surface area contributed by atoms with Gasteiger partial charge < -0.3 is 15.4 Å². The average molecular weight is 357 g/mol. The van der Waals surface area contributed by atoms with Crippen molar-refractivity contribution in [3.05, 3.63) is 24.3 Å². The molecule has 1 amide bonds. The fraction of sp³-hybridized carbons (Fsp3) is 0.562. The molecule has 0 heterocycles. The van der Waals surface area contributed by atoms with E-state index in [-0.39, 0.29) is 29.8 Å². The van der Waals surface area contributed by atoms with Crippen molar-refractivity contribution in [1.82, 2.24) is 15.4 Å². The first kappa shape index (κ1) is 20.4. The molecule has 24 heavy (non-hydrogen) atoms. The molecule has 136 valence electrons. The van der Waals surface area contributed by atoms with Crippen LogP contribution in [-0.4, -0.2) is 46.6 Å². The second-order valence-electron chi connectivity index (χ2n) is 5.31. The number of rotatable bonds is 11. The van der Waals surface area contributed by atoms with Crippen LogP contribution in [0.5, 0.6) is 5.75 Å². The zero-order chi connectivity index (χ0) is 18.0. The fourth-order valence-electron chi connectivity index (χ4n) is 2.04. The van der Waals surface area contributed by atoms with E-state index in [2.05, 4.69) is 15.4 Å². The van der Waals surface area contributed by atoms with Crippen molar-refractivity contribution in [3.63, 3.8) is 0 Å². The zero-order valence-corrected chi connectivity index (χ0v) is 15.3. The van der Waals surface area contributed by atoms with E-state index < -0.39 is 10.0 Å². The number of sulfonamides is 1. The van der Waals surface area contributed by atoms with Crippen LogP contribution in [0, 0.1) is 0 Å². The molecule has 0 aromatic heterocycles. The van der Waals surface area contributed by atoms with Gasteiger partial charge in [-0.1, -0.05) is 6.92 Å². The van der Waals surface area contributed by atoms with Gasteiger partial charge in [-0.05, 0) is 44.7 Å². The summed E-state index contributed by atoms with van der Waals surface area (Å²) in [5.74, 6) is 0.430. The van der Waals surface area contributed by atoms with E-state index in [0.717, 1.165) is 6.54 Å². The molecule has 1 atom stereocenters. The van der Waals surface area contributed by atoms with Gasteiger partial charge in [0.1, 0.15) is 5.75 Å². The van der Waals surface area contributed by atoms with Gasteiger partial charge in [-0.25, -0.2) is 13.1 Å². The summed E-state index contributed by atoms with van der Waals surface area (Å²) in [4.78, 5) is 11.8. The summed E-state index contributed by atoms with van der Waals surface area (Å²) in [6, 6.07) is 6.34. The lowest BCUT2D eigenvalue weighted by Crippen LogP contribution is -2.39. The van der Waals surface area contributed by atoms with E-state index in [0.29, 0.717) is 18.9 Å². The van der Waals surface area contributed by atoms with Crippen molar-refractivity contribution < 1.29 is 17.9 Å². The maximum atomic E-state index is 12.1. The second kappa shape index (κ2) is 10.3. The normalized spacial score (nSPS) is 12.6. The summed E-state index contributed by atoms with van der Waals surface area (Å²) in [7, 11) is -3.63. The lowest BCUT2D eigenvalue weighted by molar-refractivity contribution is -0.121. The van der Waals surface area contributed by atoms with E-state index >= 15 is 0 Å². The van der Waals surface area contributed by atoms with E-state index in [1.165, 1.54) is 12.1 Å². The molecule has 1 aromatic rings. The third-order valence-electron chi connectivity index (χ3n) is 3.25. The molecule has 0 unspecified atom stereocenters. The Morgan fingerprint density at radius 2 is 1.88 bits per heavy atom. The van der Waals surface area contributed by atoms with Gasteiger partial charge in [0.05, 0.1) is 11.5 Å². The average Bonchev–Trinajstić information content (AvgIpc) is 2.54. The number of hydrogen-bond donors (Lipinski definition) is 3. The van der Waals surface area contributed by atoms with Crippen LogP contribution in [-0.2, 0) is 14.8 Å². The number of likely N-dealkylation sites (N-methyl/N-ethyl adjacent to an activating group) is 1. The number of hydrogen-bond acceptors (Lipinski definition) is 5. The van der Waals surface area contributed by atoms with Crippen LogP contribution in [0.25, 0.3) is 0 Å². The van der Waals surface area contributed by atoms with Gasteiger partial charge in [0.25, 0.3) is 0 Å². The van der Waals surface area contributed by atoms with Gasteiger partial charge in [-0.2, -0.15) is 0 Å². The van der Waals surface area contributed by atoms with Crippen molar-refractivity contribution in [2.24, 2.45) is 0 Å². The molecule has 1 rings (SSSR count). The largest absolute Gasteiger partial charge is 0.494 e. The Morgan fingerprint density at radius 1 is 1.21 bits per heavy atom. The summed E-state index contributed by atoms with van der Waals surface area (Å²) in [5, 5.41) is 5.94. The van der Waals surface area contributed by atoms with E-state index in [1.807, 2.05) is 20.8 Å². The monoisotopic (exact) mass is 357 g/mol. The van der Waals surface area contributed by atoms with Crippen molar-refractivity contribution >= 4 is 15.9 Å². The van der Waals surface area contributed by atoms with Gasteiger partial charge in [-0.3, -0.25) is 4.79 Å². The quantitative estimate of drug-likeness (QED) is 0.546. The topological polar surface area (TPSA) is 96.5 Å². The maximum Gasteiger partial charge on any atom is 0.240 e. The van der Waals surface area contributed by atoms with Crippen LogP contribution in [0.4, 0.5) is 0 Å². The first-order valence-electron chi connectivity index (χ1n) is 8.11. The molecule has 0 bridgehead atoms. The van der Waals surface area contributed by atoms with Crippen LogP contribution in [0.1, 0.15) is 27.2 Å². The fourth-order valence-corrected chi connectivity index (χ4v) is 3.07. The number of amides is 1. The predicted octanol–water partition coefficient (Wildman–Crippen LogP) is 0.868. The smallest absolute Gasteiger partial charge is 0.240 e. The Labute approximate surface area is 144 Å². The molecule has 0 fully saturated rings. The number of ether oxygens (including phenoxy) is 1. The third-order valence-corrected chi connectivity index (χ3v) is 4.72. The molecule has 0 saturated carbocycles. The summed E-state index contributed by atoms with van der Waals surface area (Å²) in [5.41, 5.74) is 0. The predicted molar refractivity (Wildman–Crippen MR) is 93.6 cm³/mol. The summed E-state index contributed by atoms with van der Waals surface area (Å²) in [6.45, 7) is 7.74. The number of nitrogens with one attached hydrogen (secondary N) is 3. The lowest BCUT2D eigenvalue weighted by Gasteiger charge is -2.13. The molecule has 3 N–H and O–H groups in total. The molecule has 0 spiro atoms. The van der Waals surface area contributed by atoms with Crippen molar-refractivity contribution in [3.8, 4) is 5.75 Å². The minimum Gasteiger partial charge on any atom is -0.494 e. The summed E-state index contributed by atoms with van der Waals surface area (Å²) < 4.78 is 32.0. The first-order valence-corrected chi connectivity index (χ1v) is 9.60. The first-order chi connectivity index (χ1) is 11.4. The second-order valence-corrected chi connectivity index (χ2v) is 7.08. The molecule has 1 aromatic carbocycles. The van der Waals surface area contributed by atoms with Crippen LogP contribution in [0.15, 0.2) is 29.2 Å². The zero-order valence-electron chi connectivity index (χ0n) is 14.5. The number of carbonyl (C=O) groups excluding carboxylic acids is 1. The summed E-state index contributed by atoms with van der Waals surface area (Å²) in [6.07, 6.45) is 0.0924. The van der Waals surface area contributed by atoms with Gasteiger partial charge in [0, 0.05) is 25.6 Å². The number of carbonyl (C=O) groups is 1. The molecule has 7 nitrogen and oxygen atoms in total. The third kappa shape index (κ3) is 7.29. The number of benzene rings is 1. The highest BCUT2D eigenvalue weighted by Crippen LogP contribution is 2.15. The Balaban J connectivity index is 2.41. The van der Waals surface area contributed by atoms with E-state index in [9.17, 15) is 13.2 Å². The highest BCUT2D eigenvalue weighted by atomic mass is 32.2. The molecule has 0 aliphatic rings. The Hall–Kier alpha value is -1.64. The molecule has 0 aliphatic carbocycles. The van der Waals surface area contributed by atoms with Gasteiger partial charge in [-0.15, -0.1) is 0 Å². The van der Waals surface area contributed by atoms with Gasteiger partial charge >= 0.3 is 0 Å². The van der Waals surface area contributed by atoms with Crippen LogP contribution >= 0.6 is 0 Å². The molecule has 0 radical (unpaired) electrons. The van der Waals surface area contributed by atoms with Crippen LogP contribution < -0.4 is 20.1 Å².